The van der Waals surface area contributed by atoms with E-state index in [2.05, 4.69) is 10.5 Å². The molecule has 1 amide bonds. The van der Waals surface area contributed by atoms with Crippen molar-refractivity contribution in [2.75, 3.05) is 24.8 Å². The number of ether oxygens (including phenoxy) is 2. The summed E-state index contributed by atoms with van der Waals surface area (Å²) in [5.41, 5.74) is 4.60. The second-order valence-corrected chi connectivity index (χ2v) is 9.59. The SMILES string of the molecule is COc1ccc(OC)c(/C=N\NC(=O)c2ccc(N(Cc3ccc(Cl)cc3)S(C)(=O)=O)cc2)c1. The second-order valence-electron chi connectivity index (χ2n) is 7.25. The van der Waals surface area contributed by atoms with E-state index in [1.165, 1.54) is 29.8 Å². The van der Waals surface area contributed by atoms with Crippen molar-refractivity contribution >= 4 is 39.4 Å². The first-order chi connectivity index (χ1) is 16.2. The van der Waals surface area contributed by atoms with Crippen LogP contribution in [0, 0.1) is 0 Å². The number of anilines is 1. The van der Waals surface area contributed by atoms with Crippen molar-refractivity contribution in [3.63, 3.8) is 0 Å². The minimum Gasteiger partial charge on any atom is -0.497 e. The van der Waals surface area contributed by atoms with Crippen molar-refractivity contribution in [3.8, 4) is 11.5 Å². The van der Waals surface area contributed by atoms with E-state index in [9.17, 15) is 13.2 Å². The van der Waals surface area contributed by atoms with E-state index in [4.69, 9.17) is 21.1 Å². The molecule has 0 aliphatic rings. The van der Waals surface area contributed by atoms with Crippen LogP contribution in [-0.2, 0) is 16.6 Å². The maximum atomic E-state index is 12.5. The monoisotopic (exact) mass is 501 g/mol. The summed E-state index contributed by atoms with van der Waals surface area (Å²) in [4.78, 5) is 12.5. The maximum Gasteiger partial charge on any atom is 0.271 e. The van der Waals surface area contributed by atoms with Gasteiger partial charge in [-0.25, -0.2) is 13.8 Å². The van der Waals surface area contributed by atoms with Gasteiger partial charge in [0.15, 0.2) is 0 Å². The first-order valence-corrected chi connectivity index (χ1v) is 12.3. The molecular weight excluding hydrogens is 478 g/mol. The highest BCUT2D eigenvalue weighted by atomic mass is 35.5. The molecule has 0 spiro atoms. The zero-order valence-electron chi connectivity index (χ0n) is 18.9. The van der Waals surface area contributed by atoms with Crippen molar-refractivity contribution < 1.29 is 22.7 Å². The molecule has 0 bridgehead atoms. The summed E-state index contributed by atoms with van der Waals surface area (Å²) in [5.74, 6) is 0.746. The second kappa shape index (κ2) is 11.0. The van der Waals surface area contributed by atoms with Gasteiger partial charge in [-0.3, -0.25) is 9.10 Å². The fraction of sp³-hybridized carbons (Fsp3) is 0.167. The van der Waals surface area contributed by atoms with Crippen molar-refractivity contribution in [2.45, 2.75) is 6.54 Å². The first-order valence-electron chi connectivity index (χ1n) is 10.1. The molecule has 0 heterocycles. The number of nitrogens with zero attached hydrogens (tertiary/aromatic N) is 2. The van der Waals surface area contributed by atoms with E-state index >= 15 is 0 Å². The number of hydrogen-bond acceptors (Lipinski definition) is 6. The van der Waals surface area contributed by atoms with Crippen molar-refractivity contribution in [1.82, 2.24) is 5.43 Å². The molecule has 0 aliphatic carbocycles. The molecule has 1 N–H and O–H groups in total. The molecule has 178 valence electrons. The van der Waals surface area contributed by atoms with Gasteiger partial charge in [-0.15, -0.1) is 0 Å². The maximum absolute atomic E-state index is 12.5. The van der Waals surface area contributed by atoms with Gasteiger partial charge in [0.25, 0.3) is 5.91 Å². The van der Waals surface area contributed by atoms with Gasteiger partial charge >= 0.3 is 0 Å². The molecule has 3 rings (SSSR count). The zero-order valence-corrected chi connectivity index (χ0v) is 20.4. The van der Waals surface area contributed by atoms with Gasteiger partial charge in [-0.05, 0) is 60.2 Å². The van der Waals surface area contributed by atoms with Crippen LogP contribution >= 0.6 is 11.6 Å². The van der Waals surface area contributed by atoms with E-state index in [1.807, 2.05) is 0 Å². The van der Waals surface area contributed by atoms with E-state index in [0.29, 0.717) is 33.3 Å². The Morgan fingerprint density at radius 2 is 1.71 bits per heavy atom. The van der Waals surface area contributed by atoms with Gasteiger partial charge in [-0.2, -0.15) is 5.10 Å². The van der Waals surface area contributed by atoms with E-state index < -0.39 is 15.9 Å². The van der Waals surface area contributed by atoms with Gasteiger partial charge in [0, 0.05) is 16.1 Å². The third-order valence-electron chi connectivity index (χ3n) is 4.86. The van der Waals surface area contributed by atoms with Gasteiger partial charge in [0.2, 0.25) is 10.0 Å². The summed E-state index contributed by atoms with van der Waals surface area (Å²) in [7, 11) is -0.479. The highest BCUT2D eigenvalue weighted by molar-refractivity contribution is 7.92. The number of methoxy groups -OCH3 is 2. The Kier molecular flexibility index (Phi) is 8.14. The average Bonchev–Trinajstić information content (AvgIpc) is 2.83. The Bertz CT molecular complexity index is 1280. The average molecular weight is 502 g/mol. The number of hydrogen-bond donors (Lipinski definition) is 1. The Morgan fingerprint density at radius 3 is 2.29 bits per heavy atom. The smallest absolute Gasteiger partial charge is 0.271 e. The molecule has 0 saturated heterocycles. The molecule has 3 aromatic carbocycles. The molecular formula is C24H24ClN3O5S. The summed E-state index contributed by atoms with van der Waals surface area (Å²) >= 11 is 5.91. The zero-order chi connectivity index (χ0) is 24.7. The van der Waals surface area contributed by atoms with E-state index in [1.54, 1.807) is 61.7 Å². The highest BCUT2D eigenvalue weighted by Crippen LogP contribution is 2.23. The van der Waals surface area contributed by atoms with E-state index in [-0.39, 0.29) is 6.54 Å². The fourth-order valence-corrected chi connectivity index (χ4v) is 4.11. The number of amides is 1. The number of benzene rings is 3. The molecule has 0 fully saturated rings. The van der Waals surface area contributed by atoms with Crippen molar-refractivity contribution in [2.24, 2.45) is 5.10 Å². The number of carbonyl (C=O) groups is 1. The lowest BCUT2D eigenvalue weighted by atomic mass is 10.2. The first kappa shape index (κ1) is 25.1. The van der Waals surface area contributed by atoms with E-state index in [0.717, 1.165) is 11.8 Å². The number of sulfonamides is 1. The predicted molar refractivity (Wildman–Crippen MR) is 134 cm³/mol. The van der Waals surface area contributed by atoms with Gasteiger partial charge in [0.05, 0.1) is 38.9 Å². The molecule has 0 atom stereocenters. The fourth-order valence-electron chi connectivity index (χ4n) is 3.10. The van der Waals surface area contributed by atoms with Crippen LogP contribution < -0.4 is 19.2 Å². The summed E-state index contributed by atoms with van der Waals surface area (Å²) in [6.07, 6.45) is 2.58. The summed E-state index contributed by atoms with van der Waals surface area (Å²) in [6, 6.07) is 18.3. The lowest BCUT2D eigenvalue weighted by Crippen LogP contribution is -2.29. The van der Waals surface area contributed by atoms with Gasteiger partial charge in [0.1, 0.15) is 11.5 Å². The van der Waals surface area contributed by atoms with Crippen LogP contribution in [0.15, 0.2) is 71.8 Å². The molecule has 8 nitrogen and oxygen atoms in total. The van der Waals surface area contributed by atoms with Crippen LogP contribution in [0.5, 0.6) is 11.5 Å². The summed E-state index contributed by atoms with van der Waals surface area (Å²) < 4.78 is 36.5. The molecule has 0 aromatic heterocycles. The number of hydrazone groups is 1. The van der Waals surface area contributed by atoms with Crippen molar-refractivity contribution in [1.29, 1.82) is 0 Å². The minimum atomic E-state index is -3.56. The van der Waals surface area contributed by atoms with Crippen LogP contribution in [0.3, 0.4) is 0 Å². The third-order valence-corrected chi connectivity index (χ3v) is 6.26. The third kappa shape index (κ3) is 6.49. The summed E-state index contributed by atoms with van der Waals surface area (Å²) in [6.45, 7) is 0.133. The van der Waals surface area contributed by atoms with Gasteiger partial charge < -0.3 is 9.47 Å². The Balaban J connectivity index is 1.73. The van der Waals surface area contributed by atoms with Gasteiger partial charge in [-0.1, -0.05) is 23.7 Å². The predicted octanol–water partition coefficient (Wildman–Crippen LogP) is 4.09. The lowest BCUT2D eigenvalue weighted by molar-refractivity contribution is 0.0955. The van der Waals surface area contributed by atoms with Crippen LogP contribution in [0.25, 0.3) is 0 Å². The molecule has 34 heavy (non-hydrogen) atoms. The lowest BCUT2D eigenvalue weighted by Gasteiger charge is -2.22. The standard InChI is InChI=1S/C24H24ClN3O5S/c1-32-22-12-13-23(33-2)19(14-22)15-26-27-24(29)18-6-10-21(11-7-18)28(34(3,30)31)16-17-4-8-20(25)9-5-17/h4-15H,16H2,1-3H3,(H,27,29)/b26-15-. The largest absolute Gasteiger partial charge is 0.497 e. The molecule has 10 heteroatoms. The van der Waals surface area contributed by atoms with Crippen LogP contribution in [0.2, 0.25) is 5.02 Å². The molecule has 0 saturated carbocycles. The van der Waals surface area contributed by atoms with Crippen molar-refractivity contribution in [3.05, 3.63) is 88.4 Å². The Labute approximate surface area is 203 Å². The minimum absolute atomic E-state index is 0.133. The number of rotatable bonds is 9. The van der Waals surface area contributed by atoms with Crippen LogP contribution in [0.4, 0.5) is 5.69 Å². The molecule has 0 aliphatic heterocycles. The number of halogens is 1. The topological polar surface area (TPSA) is 97.3 Å². The number of nitrogens with one attached hydrogen (secondary N) is 1. The highest BCUT2D eigenvalue weighted by Gasteiger charge is 2.18. The Morgan fingerprint density at radius 1 is 1.03 bits per heavy atom. The molecule has 0 radical (unpaired) electrons. The van der Waals surface area contributed by atoms with Crippen LogP contribution in [0.1, 0.15) is 21.5 Å². The summed E-state index contributed by atoms with van der Waals surface area (Å²) in [5, 5.41) is 4.55. The van der Waals surface area contributed by atoms with Crippen LogP contribution in [-0.4, -0.2) is 41.0 Å². The molecule has 0 unspecified atom stereocenters. The number of carbonyl (C=O) groups excluding carboxylic acids is 1. The Hall–Kier alpha value is -3.56. The normalized spacial score (nSPS) is 11.3. The quantitative estimate of drug-likeness (QED) is 0.352. The molecule has 3 aromatic rings.